The van der Waals surface area contributed by atoms with Gasteiger partial charge in [-0.25, -0.2) is 0 Å². The van der Waals surface area contributed by atoms with Crippen LogP contribution in [0.4, 0.5) is 0 Å². The van der Waals surface area contributed by atoms with Gasteiger partial charge in [-0.05, 0) is 0 Å². The van der Waals surface area contributed by atoms with Gasteiger partial charge in [-0.1, -0.05) is 30.3 Å². The van der Waals surface area contributed by atoms with E-state index in [1.54, 1.807) is 12.1 Å². The van der Waals surface area contributed by atoms with Crippen molar-refractivity contribution in [2.75, 3.05) is 0 Å². The normalized spacial score (nSPS) is 9.14. The lowest BCUT2D eigenvalue weighted by molar-refractivity contribution is 0.112. The summed E-state index contributed by atoms with van der Waals surface area (Å²) in [6.45, 7) is 0. The molecule has 0 aliphatic heterocycles. The average molecular weight is 300 g/mol. The molecular formula is C7H6Cl4MgOSi. The molecule has 1 rings (SSSR count). The van der Waals surface area contributed by atoms with Crippen LogP contribution in [0.3, 0.4) is 0 Å². The molecule has 7 heteroatoms. The van der Waals surface area contributed by atoms with Gasteiger partial charge in [0.25, 0.3) is 0 Å². The molecule has 74 valence electrons. The lowest BCUT2D eigenvalue weighted by atomic mass is 10.2. The van der Waals surface area contributed by atoms with Crippen LogP contribution in [0.1, 0.15) is 10.4 Å². The molecule has 0 unspecified atom stereocenters. The highest BCUT2D eigenvalue weighted by atomic mass is 36.0. The summed E-state index contributed by atoms with van der Waals surface area (Å²) in [7, 11) is 0. The number of carbonyl (C=O) groups excluding carboxylic acids is 1. The summed E-state index contributed by atoms with van der Waals surface area (Å²) in [6, 6.07) is 9.10. The molecule has 0 bridgehead atoms. The van der Waals surface area contributed by atoms with Crippen LogP contribution in [-0.2, 0) is 0 Å². The van der Waals surface area contributed by atoms with Gasteiger partial charge >= 0.3 is 5.31 Å². The van der Waals surface area contributed by atoms with Crippen molar-refractivity contribution in [3.05, 3.63) is 35.9 Å². The molecule has 0 atom stereocenters. The zero-order valence-corrected chi connectivity index (χ0v) is 12.5. The van der Waals surface area contributed by atoms with E-state index in [2.05, 4.69) is 0 Å². The van der Waals surface area contributed by atoms with Crippen molar-refractivity contribution in [3.63, 3.8) is 0 Å². The minimum atomic E-state index is -2.72. The number of carbonyl (C=O) groups is 1. The van der Waals surface area contributed by atoms with Crippen molar-refractivity contribution >= 4 is 79.0 Å². The largest absolute Gasteiger partial charge is 0.440 e. The molecule has 0 aliphatic rings. The van der Waals surface area contributed by atoms with E-state index in [0.717, 1.165) is 11.8 Å². The standard InChI is InChI=1S/C7H6O.Cl4Si.Mg/c8-6-7-4-2-1-3-5-7;1-5(2,3)4;/h1-6H;;. The van der Waals surface area contributed by atoms with Crippen molar-refractivity contribution in [3.8, 4) is 0 Å². The summed E-state index contributed by atoms with van der Waals surface area (Å²) in [5, 5.41) is -2.72. The van der Waals surface area contributed by atoms with Crippen molar-refractivity contribution in [1.29, 1.82) is 0 Å². The molecule has 14 heavy (non-hydrogen) atoms. The number of halogens is 4. The Morgan fingerprint density at radius 3 is 1.57 bits per heavy atom. The van der Waals surface area contributed by atoms with Crippen molar-refractivity contribution in [2.24, 2.45) is 0 Å². The Morgan fingerprint density at radius 2 is 1.36 bits per heavy atom. The quantitative estimate of drug-likeness (QED) is 0.441. The Morgan fingerprint density at radius 1 is 1.00 bits per heavy atom. The highest BCUT2D eigenvalue weighted by Crippen LogP contribution is 2.23. The van der Waals surface area contributed by atoms with Gasteiger partial charge < -0.3 is 0 Å². The van der Waals surface area contributed by atoms with Crippen molar-refractivity contribution < 1.29 is 4.79 Å². The predicted molar refractivity (Wildman–Crippen MR) is 66.7 cm³/mol. The molecular weight excluding hydrogens is 294 g/mol. The first-order valence-electron chi connectivity index (χ1n) is 3.19. The Bertz CT molecular complexity index is 246. The second-order valence-electron chi connectivity index (χ2n) is 1.96. The van der Waals surface area contributed by atoms with E-state index in [1.807, 2.05) is 18.2 Å². The Kier molecular flexibility index (Phi) is 11.5. The zero-order chi connectivity index (χ0) is 10.3. The van der Waals surface area contributed by atoms with Gasteiger partial charge in [-0.15, -0.1) is 44.3 Å². The van der Waals surface area contributed by atoms with E-state index in [9.17, 15) is 4.79 Å². The summed E-state index contributed by atoms with van der Waals surface area (Å²) in [4.78, 5) is 10.0. The Hall–Kier alpha value is 1.03. The van der Waals surface area contributed by atoms with E-state index in [1.165, 1.54) is 0 Å². The average Bonchev–Trinajstić information content (AvgIpc) is 2.03. The van der Waals surface area contributed by atoms with E-state index >= 15 is 0 Å². The van der Waals surface area contributed by atoms with Gasteiger partial charge in [0, 0.05) is 28.6 Å². The molecule has 0 heterocycles. The number of hydrogen-bond donors (Lipinski definition) is 0. The van der Waals surface area contributed by atoms with E-state index in [-0.39, 0.29) is 23.1 Å². The molecule has 0 N–H and O–H groups in total. The third-order valence-corrected chi connectivity index (χ3v) is 0.936. The second kappa shape index (κ2) is 9.27. The monoisotopic (exact) mass is 298 g/mol. The molecule has 2 radical (unpaired) electrons. The maximum absolute atomic E-state index is 10.0. The first-order chi connectivity index (χ1) is 5.93. The van der Waals surface area contributed by atoms with Gasteiger partial charge in [-0.2, -0.15) is 0 Å². The van der Waals surface area contributed by atoms with Gasteiger partial charge in [0.05, 0.1) is 0 Å². The molecule has 0 spiro atoms. The zero-order valence-electron chi connectivity index (χ0n) is 7.09. The smallest absolute Gasteiger partial charge is 0.298 e. The maximum atomic E-state index is 10.0. The van der Waals surface area contributed by atoms with Crippen LogP contribution >= 0.6 is 44.3 Å². The molecule has 0 saturated heterocycles. The van der Waals surface area contributed by atoms with Crippen LogP contribution in [0.2, 0.25) is 0 Å². The third-order valence-electron chi connectivity index (χ3n) is 0.936. The first-order valence-corrected chi connectivity index (χ1v) is 9.24. The summed E-state index contributed by atoms with van der Waals surface area (Å²) < 4.78 is 0. The van der Waals surface area contributed by atoms with Crippen molar-refractivity contribution in [1.82, 2.24) is 0 Å². The summed E-state index contributed by atoms with van der Waals surface area (Å²) >= 11 is 19.9. The molecule has 1 aromatic carbocycles. The van der Waals surface area contributed by atoms with Crippen LogP contribution < -0.4 is 0 Å². The fraction of sp³-hybridized carbons (Fsp3) is 0. The summed E-state index contributed by atoms with van der Waals surface area (Å²) in [6.07, 6.45) is 0.833. The van der Waals surface area contributed by atoms with E-state index in [0.29, 0.717) is 0 Å². The highest BCUT2D eigenvalue weighted by Gasteiger charge is 2.19. The van der Waals surface area contributed by atoms with Crippen LogP contribution in [0, 0.1) is 0 Å². The van der Waals surface area contributed by atoms with Gasteiger partial charge in [0.2, 0.25) is 0 Å². The molecule has 0 fully saturated rings. The fourth-order valence-electron chi connectivity index (χ4n) is 0.532. The topological polar surface area (TPSA) is 17.1 Å². The Balaban J connectivity index is 0. The molecule has 0 aliphatic carbocycles. The minimum absolute atomic E-state index is 0. The molecule has 0 amide bonds. The van der Waals surface area contributed by atoms with Crippen LogP contribution in [0.25, 0.3) is 0 Å². The van der Waals surface area contributed by atoms with Crippen molar-refractivity contribution in [2.45, 2.75) is 0 Å². The SMILES string of the molecule is Cl[Si](Cl)(Cl)Cl.O=Cc1ccccc1.[Mg]. The van der Waals surface area contributed by atoms with E-state index < -0.39 is 5.31 Å². The lowest BCUT2D eigenvalue weighted by Gasteiger charge is -1.85. The van der Waals surface area contributed by atoms with E-state index in [4.69, 9.17) is 44.3 Å². The second-order valence-corrected chi connectivity index (χ2v) is 13.1. The predicted octanol–water partition coefficient (Wildman–Crippen LogP) is 3.50. The fourth-order valence-corrected chi connectivity index (χ4v) is 0.532. The molecule has 0 aromatic heterocycles. The third kappa shape index (κ3) is 15.5. The summed E-state index contributed by atoms with van der Waals surface area (Å²) in [5.41, 5.74) is 0.729. The number of aldehydes is 1. The molecule has 1 aromatic rings. The lowest BCUT2D eigenvalue weighted by Crippen LogP contribution is -1.91. The molecule has 1 nitrogen and oxygen atoms in total. The van der Waals surface area contributed by atoms with Crippen LogP contribution in [0.15, 0.2) is 30.3 Å². The van der Waals surface area contributed by atoms with Crippen LogP contribution in [-0.4, -0.2) is 34.7 Å². The Labute approximate surface area is 119 Å². The number of rotatable bonds is 1. The first kappa shape index (κ1) is 17.4. The highest BCUT2D eigenvalue weighted by molar-refractivity contribution is 7.81. The van der Waals surface area contributed by atoms with Gasteiger partial charge in [0.15, 0.2) is 0 Å². The molecule has 0 saturated carbocycles. The maximum Gasteiger partial charge on any atom is 0.440 e. The number of hydrogen-bond acceptors (Lipinski definition) is 1. The van der Waals surface area contributed by atoms with Gasteiger partial charge in [-0.3, -0.25) is 4.79 Å². The van der Waals surface area contributed by atoms with Gasteiger partial charge in [0.1, 0.15) is 6.29 Å². The van der Waals surface area contributed by atoms with Crippen LogP contribution in [0.5, 0.6) is 0 Å². The number of benzene rings is 1. The minimum Gasteiger partial charge on any atom is -0.298 e. The summed E-state index contributed by atoms with van der Waals surface area (Å²) in [5.74, 6) is 0.